The maximum Gasteiger partial charge on any atom is 2.00 e. The number of primary amides is 1. The molecule has 0 aliphatic carbocycles. The number of benzene rings is 2. The van der Waals surface area contributed by atoms with Crippen molar-refractivity contribution in [2.75, 3.05) is 7.11 Å². The van der Waals surface area contributed by atoms with Crippen LogP contribution in [0.15, 0.2) is 60.0 Å². The number of fused-ring (bicyclic) bond motifs is 3. The summed E-state index contributed by atoms with van der Waals surface area (Å²) < 4.78 is 4.82. The Hall–Kier alpha value is -3.72. The zero-order valence-electron chi connectivity index (χ0n) is 16.3. The van der Waals surface area contributed by atoms with Gasteiger partial charge in [-0.05, 0) is 22.1 Å². The van der Waals surface area contributed by atoms with Crippen LogP contribution in [0.4, 0.5) is 16.2 Å². The quantitative estimate of drug-likeness (QED) is 0.415. The first-order valence-electron chi connectivity index (χ1n) is 8.56. The Labute approximate surface area is 189 Å². The van der Waals surface area contributed by atoms with Crippen LogP contribution >= 0.6 is 0 Å². The number of carbonyl (C=O) groups is 1. The minimum atomic E-state index is -0.915. The Bertz CT molecular complexity index is 1080. The van der Waals surface area contributed by atoms with E-state index in [-0.39, 0.29) is 39.6 Å². The molecule has 2 heterocycles. The summed E-state index contributed by atoms with van der Waals surface area (Å²) in [6.07, 6.45) is 12.7. The zero-order valence-corrected chi connectivity index (χ0v) is 17.3. The van der Waals surface area contributed by atoms with E-state index in [4.69, 9.17) is 10.5 Å². The van der Waals surface area contributed by atoms with E-state index in [9.17, 15) is 9.90 Å². The van der Waals surface area contributed by atoms with Gasteiger partial charge in [0.05, 0.1) is 7.11 Å². The van der Waals surface area contributed by atoms with Gasteiger partial charge in [-0.15, -0.1) is 11.4 Å². The van der Waals surface area contributed by atoms with Crippen molar-refractivity contribution in [1.29, 1.82) is 0 Å². The van der Waals surface area contributed by atoms with E-state index < -0.39 is 6.03 Å². The van der Waals surface area contributed by atoms with E-state index in [1.165, 1.54) is 19.2 Å². The molecule has 2 aromatic carbocycles. The van der Waals surface area contributed by atoms with Gasteiger partial charge in [0.1, 0.15) is 5.75 Å². The van der Waals surface area contributed by atoms with E-state index in [0.29, 0.717) is 0 Å². The number of rotatable bonds is 3. The third-order valence-corrected chi connectivity index (χ3v) is 3.93. The van der Waals surface area contributed by atoms with Crippen molar-refractivity contribution in [3.05, 3.63) is 86.9 Å². The number of hydrogen-bond donors (Lipinski definition) is 1. The van der Waals surface area contributed by atoms with Crippen LogP contribution in [-0.4, -0.2) is 24.8 Å². The predicted octanol–water partition coefficient (Wildman–Crippen LogP) is 2.04. The van der Waals surface area contributed by atoms with Crippen molar-refractivity contribution < 1.29 is 37.2 Å². The Balaban J connectivity index is 0.000000291. The van der Waals surface area contributed by atoms with Gasteiger partial charge in [0.15, 0.2) is 6.03 Å². The van der Waals surface area contributed by atoms with Crippen molar-refractivity contribution >= 4 is 35.8 Å². The van der Waals surface area contributed by atoms with Crippen molar-refractivity contribution in [1.82, 2.24) is 0 Å². The molecule has 165 valence electrons. The van der Waals surface area contributed by atoms with E-state index in [2.05, 4.69) is 45.4 Å². The van der Waals surface area contributed by atoms with Crippen molar-refractivity contribution in [3.8, 4) is 11.5 Å². The molecule has 1 radical (unpaired) electrons. The van der Waals surface area contributed by atoms with Gasteiger partial charge in [-0.3, -0.25) is 9.90 Å². The molecule has 0 saturated heterocycles. The number of amides is 2. The second kappa shape index (κ2) is 12.1. The van der Waals surface area contributed by atoms with Crippen LogP contribution in [0.1, 0.15) is 5.56 Å². The second-order valence-electron chi connectivity index (χ2n) is 5.78. The number of urea groups is 1. The molecule has 0 unspecified atom stereocenters. The standard InChI is InChI=1S/C12H8N2.C9H11N3O3.Cu.H2O/c1-3-9-5-6-10-4-2-8-14-12(10)11(9)13-7-1;1-15-7-4-2-3-6(8(7)13)5-11-12-9(10)14;;/h1-8H;2-5H,1H3,(H4,10,11,12,13,14);;1H2/q-2;;+2;/p-2. The molecule has 2 aliphatic rings. The SMILES string of the molecule is C1=C[N-]c2c3c(ccc2=C1)=CC=C[N-]3.COc1cccc(/C=N\[N-]C(N)=O)c1[O-].O.[Cu+2]. The molecule has 0 bridgehead atoms. The van der Waals surface area contributed by atoms with Gasteiger partial charge in [0, 0.05) is 6.21 Å². The average Bonchev–Trinajstić information content (AvgIpc) is 2.75. The van der Waals surface area contributed by atoms with E-state index in [0.717, 1.165) is 28.0 Å². The van der Waals surface area contributed by atoms with Gasteiger partial charge in [0.2, 0.25) is 0 Å². The number of methoxy groups -OCH3 is 1. The van der Waals surface area contributed by atoms with Crippen LogP contribution in [-0.2, 0) is 17.1 Å². The van der Waals surface area contributed by atoms with Gasteiger partial charge in [-0.1, -0.05) is 54.3 Å². The molecule has 31 heavy (non-hydrogen) atoms. The molecule has 0 spiro atoms. The van der Waals surface area contributed by atoms with Crippen LogP contribution in [0.2, 0.25) is 0 Å². The predicted molar refractivity (Wildman–Crippen MR) is 116 cm³/mol. The molecule has 0 atom stereocenters. The average molecular weight is 469 g/mol. The number of nitrogens with two attached hydrogens (primary N) is 1. The molecule has 2 aromatic rings. The summed E-state index contributed by atoms with van der Waals surface area (Å²) in [5.74, 6) is -0.110. The molecule has 4 N–H and O–H groups in total. The number of hydrogen-bond acceptors (Lipinski definition) is 4. The van der Waals surface area contributed by atoms with Crippen molar-refractivity contribution in [2.24, 2.45) is 10.8 Å². The molecule has 10 heteroatoms. The topological polar surface area (TPSA) is 162 Å². The van der Waals surface area contributed by atoms with E-state index in [1.54, 1.807) is 18.5 Å². The fourth-order valence-electron chi connectivity index (χ4n) is 2.62. The number of carbonyl (C=O) groups excluding carboxylic acids is 1. The van der Waals surface area contributed by atoms with Crippen molar-refractivity contribution in [3.63, 3.8) is 0 Å². The summed E-state index contributed by atoms with van der Waals surface area (Å²) in [6, 6.07) is 7.93. The number of allylic oxidation sites excluding steroid dienone is 2. The summed E-state index contributed by atoms with van der Waals surface area (Å²) in [7, 11) is 1.39. The molecule has 2 amide bonds. The number of para-hydroxylation sites is 1. The van der Waals surface area contributed by atoms with Crippen LogP contribution in [0.3, 0.4) is 0 Å². The molecule has 0 aromatic heterocycles. The Morgan fingerprint density at radius 3 is 2.19 bits per heavy atom. The first-order valence-corrected chi connectivity index (χ1v) is 8.56. The Kier molecular flexibility index (Phi) is 9.87. The van der Waals surface area contributed by atoms with Gasteiger partial charge in [0.25, 0.3) is 0 Å². The maximum atomic E-state index is 11.5. The summed E-state index contributed by atoms with van der Waals surface area (Å²) in [5.41, 5.74) is 10.0. The van der Waals surface area contributed by atoms with Gasteiger partial charge < -0.3 is 37.1 Å². The van der Waals surface area contributed by atoms with Gasteiger partial charge in [-0.2, -0.15) is 12.4 Å². The molecular weight excluding hydrogens is 450 g/mol. The van der Waals surface area contributed by atoms with Gasteiger partial charge in [-0.25, -0.2) is 0 Å². The fourth-order valence-corrected chi connectivity index (χ4v) is 2.62. The van der Waals surface area contributed by atoms with Crippen LogP contribution < -0.4 is 26.0 Å². The molecular formula is C21H19CuN5O4-2. The minimum Gasteiger partial charge on any atom is -0.870 e. The van der Waals surface area contributed by atoms with Crippen LogP contribution in [0, 0.1) is 0 Å². The monoisotopic (exact) mass is 468 g/mol. The third-order valence-electron chi connectivity index (χ3n) is 3.93. The molecule has 0 fully saturated rings. The summed E-state index contributed by atoms with van der Waals surface area (Å²) in [4.78, 5) is 10.2. The first-order chi connectivity index (χ1) is 14.1. The zero-order chi connectivity index (χ0) is 20.6. The molecule has 9 nitrogen and oxygen atoms in total. The molecule has 0 saturated carbocycles. The Morgan fingerprint density at radius 1 is 1.10 bits per heavy atom. The number of ether oxygens (including phenoxy) is 1. The summed E-state index contributed by atoms with van der Waals surface area (Å²) in [5, 5.41) is 25.8. The maximum absolute atomic E-state index is 11.5. The minimum absolute atomic E-state index is 0. The normalized spacial score (nSPS) is 11.9. The molecule has 2 aliphatic heterocycles. The summed E-state index contributed by atoms with van der Waals surface area (Å²) >= 11 is 0. The van der Waals surface area contributed by atoms with Crippen molar-refractivity contribution in [2.45, 2.75) is 0 Å². The first kappa shape index (κ1) is 25.3. The summed E-state index contributed by atoms with van der Waals surface area (Å²) in [6.45, 7) is 0. The van der Waals surface area contributed by atoms with Gasteiger partial charge >= 0.3 is 17.1 Å². The second-order valence-corrected chi connectivity index (χ2v) is 5.78. The van der Waals surface area contributed by atoms with Crippen LogP contribution in [0.5, 0.6) is 11.5 Å². The van der Waals surface area contributed by atoms with Crippen LogP contribution in [0.25, 0.3) is 28.2 Å². The van der Waals surface area contributed by atoms with E-state index >= 15 is 0 Å². The fraction of sp³-hybridized carbons (Fsp3) is 0.0476. The Morgan fingerprint density at radius 2 is 1.68 bits per heavy atom. The number of nitrogens with zero attached hydrogens (tertiary/aromatic N) is 4. The third kappa shape index (κ3) is 6.38. The smallest absolute Gasteiger partial charge is 0.870 e. The molecule has 4 rings (SSSR count). The largest absolute Gasteiger partial charge is 2.00 e. The van der Waals surface area contributed by atoms with E-state index in [1.807, 2.05) is 12.2 Å².